The minimum absolute atomic E-state index is 0.0563. The minimum Gasteiger partial charge on any atom is -0.449 e. The minimum atomic E-state index is -4.11. The van der Waals surface area contributed by atoms with Crippen LogP contribution in [0.5, 0.6) is 0 Å². The van der Waals surface area contributed by atoms with Crippen molar-refractivity contribution in [2.45, 2.75) is 57.7 Å². The maximum atomic E-state index is 13.1. The average Bonchev–Trinajstić information content (AvgIpc) is 3.12. The predicted molar refractivity (Wildman–Crippen MR) is 127 cm³/mol. The first kappa shape index (κ1) is 25.9. The number of carbonyl (C=O) groups excluding carboxylic acids is 2. The summed E-state index contributed by atoms with van der Waals surface area (Å²) >= 11 is 1.16. The Balaban J connectivity index is 2.41. The van der Waals surface area contributed by atoms with Crippen LogP contribution in [0.3, 0.4) is 0 Å². The fourth-order valence-electron chi connectivity index (χ4n) is 3.04. The Bertz CT molecular complexity index is 1040. The number of thiophene rings is 1. The molecule has 0 aliphatic rings. The van der Waals surface area contributed by atoms with Crippen molar-refractivity contribution < 1.29 is 22.7 Å². The lowest BCUT2D eigenvalue weighted by Gasteiger charge is -2.15. The Morgan fingerprint density at radius 1 is 1.22 bits per heavy atom. The number of rotatable bonds is 10. The van der Waals surface area contributed by atoms with Crippen molar-refractivity contribution in [2.24, 2.45) is 5.92 Å². The number of nitrogens with zero attached hydrogens (tertiary/aromatic N) is 1. The number of benzene rings is 1. The second-order valence-corrected chi connectivity index (χ2v) is 11.2. The molecule has 176 valence electrons. The highest BCUT2D eigenvalue weighted by atomic mass is 32.2. The molecule has 1 aromatic heterocycles. The molecule has 1 heterocycles. The summed E-state index contributed by atoms with van der Waals surface area (Å²) in [6.07, 6.45) is 1.25. The van der Waals surface area contributed by atoms with Crippen molar-refractivity contribution in [3.63, 3.8) is 0 Å². The molecule has 0 radical (unpaired) electrons. The molecular formula is C23H32N2O5S2. The third-order valence-corrected chi connectivity index (χ3v) is 7.75. The van der Waals surface area contributed by atoms with Gasteiger partial charge in [0.15, 0.2) is 0 Å². The summed E-state index contributed by atoms with van der Waals surface area (Å²) in [6.45, 7) is 8.16. The van der Waals surface area contributed by atoms with Gasteiger partial charge in [0.1, 0.15) is 4.21 Å². The van der Waals surface area contributed by atoms with Crippen LogP contribution in [0.2, 0.25) is 0 Å². The zero-order valence-corrected chi connectivity index (χ0v) is 20.9. The molecular weight excluding hydrogens is 448 g/mol. The summed E-state index contributed by atoms with van der Waals surface area (Å²) in [5.41, 5.74) is 2.13. The number of sulfonamides is 1. The van der Waals surface area contributed by atoms with Gasteiger partial charge in [-0.2, -0.15) is 0 Å². The highest BCUT2D eigenvalue weighted by Gasteiger charge is 2.26. The molecule has 0 aliphatic carbocycles. The molecule has 0 spiro atoms. The Hall–Kier alpha value is -2.39. The van der Waals surface area contributed by atoms with E-state index >= 15 is 0 Å². The Kier molecular flexibility index (Phi) is 9.27. The standard InChI is InChI=1S/C23H32N2O5S2/c1-6-7-11-30-23(27)24-32(28,29)22-21(14-20(31-22)12-16(2)3)19-10-8-9-18(13-19)15-25(5)17(4)26/h8-10,13-14,16H,6-7,11-12,15H2,1-5H3,(H,24,27). The van der Waals surface area contributed by atoms with Gasteiger partial charge in [0.2, 0.25) is 5.91 Å². The van der Waals surface area contributed by atoms with Gasteiger partial charge in [-0.05, 0) is 42.0 Å². The van der Waals surface area contributed by atoms with Gasteiger partial charge in [-0.3, -0.25) is 4.79 Å². The number of hydrogen-bond acceptors (Lipinski definition) is 6. The highest BCUT2D eigenvalue weighted by Crippen LogP contribution is 2.36. The summed E-state index contributed by atoms with van der Waals surface area (Å²) in [4.78, 5) is 26.1. The molecule has 0 saturated heterocycles. The van der Waals surface area contributed by atoms with Crippen molar-refractivity contribution >= 4 is 33.4 Å². The van der Waals surface area contributed by atoms with Gasteiger partial charge < -0.3 is 9.64 Å². The average molecular weight is 481 g/mol. The molecule has 32 heavy (non-hydrogen) atoms. The van der Waals surface area contributed by atoms with Gasteiger partial charge in [-0.15, -0.1) is 11.3 Å². The van der Waals surface area contributed by atoms with E-state index in [1.165, 1.54) is 6.92 Å². The molecule has 1 N–H and O–H groups in total. The third kappa shape index (κ3) is 7.34. The van der Waals surface area contributed by atoms with E-state index in [1.807, 2.05) is 42.0 Å². The first-order valence-corrected chi connectivity index (χ1v) is 13.0. The number of hydrogen-bond donors (Lipinski definition) is 1. The van der Waals surface area contributed by atoms with Crippen molar-refractivity contribution in [1.29, 1.82) is 0 Å². The molecule has 1 aromatic carbocycles. The first-order valence-electron chi connectivity index (χ1n) is 10.7. The quantitative estimate of drug-likeness (QED) is 0.493. The third-order valence-electron chi connectivity index (χ3n) is 4.75. The normalized spacial score (nSPS) is 11.4. The van der Waals surface area contributed by atoms with Crippen molar-refractivity contribution in [3.05, 3.63) is 40.8 Å². The van der Waals surface area contributed by atoms with Crippen LogP contribution >= 0.6 is 11.3 Å². The van der Waals surface area contributed by atoms with Gasteiger partial charge >= 0.3 is 6.09 Å². The number of amides is 2. The number of ether oxygens (including phenoxy) is 1. The lowest BCUT2D eigenvalue weighted by atomic mass is 10.0. The number of unbranched alkanes of at least 4 members (excludes halogenated alkanes) is 1. The van der Waals surface area contributed by atoms with Crippen LogP contribution in [0.15, 0.2) is 34.5 Å². The van der Waals surface area contributed by atoms with Crippen LogP contribution in [-0.4, -0.2) is 39.0 Å². The van der Waals surface area contributed by atoms with Crippen molar-refractivity contribution in [3.8, 4) is 11.1 Å². The highest BCUT2D eigenvalue weighted by molar-refractivity contribution is 7.92. The van der Waals surface area contributed by atoms with Crippen molar-refractivity contribution in [2.75, 3.05) is 13.7 Å². The zero-order chi connectivity index (χ0) is 23.9. The fourth-order valence-corrected chi connectivity index (χ4v) is 5.88. The molecule has 2 aromatic rings. The van der Waals surface area contributed by atoms with Crippen LogP contribution in [0.4, 0.5) is 4.79 Å². The van der Waals surface area contributed by atoms with E-state index in [-0.39, 0.29) is 16.7 Å². The maximum absolute atomic E-state index is 13.1. The molecule has 0 aliphatic heterocycles. The fraction of sp³-hybridized carbons (Fsp3) is 0.478. The first-order chi connectivity index (χ1) is 15.0. The predicted octanol–water partition coefficient (Wildman–Crippen LogP) is 4.81. The van der Waals surface area contributed by atoms with Crippen LogP contribution in [-0.2, 0) is 32.5 Å². The molecule has 0 unspecified atom stereocenters. The molecule has 0 fully saturated rings. The molecule has 9 heteroatoms. The monoisotopic (exact) mass is 480 g/mol. The van der Waals surface area contributed by atoms with Crippen LogP contribution < -0.4 is 4.72 Å². The van der Waals surface area contributed by atoms with E-state index in [0.29, 0.717) is 30.0 Å². The summed E-state index contributed by atoms with van der Waals surface area (Å²) in [6, 6.07) is 9.30. The molecule has 7 nitrogen and oxygen atoms in total. The molecule has 0 saturated carbocycles. The topological polar surface area (TPSA) is 92.8 Å². The summed E-state index contributed by atoms with van der Waals surface area (Å²) in [5.74, 6) is 0.291. The number of nitrogens with one attached hydrogen (secondary N) is 1. The Morgan fingerprint density at radius 3 is 2.56 bits per heavy atom. The smallest absolute Gasteiger partial charge is 0.421 e. The van der Waals surface area contributed by atoms with Gasteiger partial charge in [0.25, 0.3) is 10.0 Å². The lowest BCUT2D eigenvalue weighted by Crippen LogP contribution is -2.31. The Labute approximate surface area is 194 Å². The molecule has 0 bridgehead atoms. The zero-order valence-electron chi connectivity index (χ0n) is 19.3. The van der Waals surface area contributed by atoms with E-state index in [0.717, 1.165) is 34.6 Å². The van der Waals surface area contributed by atoms with Crippen LogP contribution in [0.1, 0.15) is 51.0 Å². The van der Waals surface area contributed by atoms with E-state index in [9.17, 15) is 18.0 Å². The number of carbonyl (C=O) groups is 2. The molecule has 2 amide bonds. The second kappa shape index (κ2) is 11.5. The second-order valence-electron chi connectivity index (χ2n) is 8.18. The van der Waals surface area contributed by atoms with Gasteiger partial charge in [0, 0.05) is 31.0 Å². The lowest BCUT2D eigenvalue weighted by molar-refractivity contribution is -0.128. The van der Waals surface area contributed by atoms with E-state index in [4.69, 9.17) is 4.74 Å². The Morgan fingerprint density at radius 2 is 1.94 bits per heavy atom. The van der Waals surface area contributed by atoms with Crippen molar-refractivity contribution in [1.82, 2.24) is 9.62 Å². The van der Waals surface area contributed by atoms with E-state index in [2.05, 4.69) is 13.8 Å². The van der Waals surface area contributed by atoms with E-state index in [1.54, 1.807) is 11.9 Å². The summed E-state index contributed by atoms with van der Waals surface area (Å²) in [7, 11) is -2.40. The largest absolute Gasteiger partial charge is 0.449 e. The summed E-state index contributed by atoms with van der Waals surface area (Å²) < 4.78 is 33.2. The van der Waals surface area contributed by atoms with E-state index < -0.39 is 16.1 Å². The van der Waals surface area contributed by atoms with Gasteiger partial charge in [0.05, 0.1) is 6.61 Å². The van der Waals surface area contributed by atoms with Gasteiger partial charge in [-0.25, -0.2) is 17.9 Å². The van der Waals surface area contributed by atoms with Crippen LogP contribution in [0.25, 0.3) is 11.1 Å². The molecule has 0 atom stereocenters. The van der Waals surface area contributed by atoms with Crippen LogP contribution in [0, 0.1) is 5.92 Å². The SMILES string of the molecule is CCCCOC(=O)NS(=O)(=O)c1sc(CC(C)C)cc1-c1cccc(CN(C)C(C)=O)c1. The summed E-state index contributed by atoms with van der Waals surface area (Å²) in [5, 5.41) is 0. The maximum Gasteiger partial charge on any atom is 0.421 e. The van der Waals surface area contributed by atoms with Gasteiger partial charge in [-0.1, -0.05) is 45.4 Å². The molecule has 2 rings (SSSR count).